The van der Waals surface area contributed by atoms with Crippen molar-refractivity contribution in [3.63, 3.8) is 0 Å². The van der Waals surface area contributed by atoms with Crippen LogP contribution in [0, 0.1) is 5.82 Å². The number of aromatic hydroxyl groups is 1. The van der Waals surface area contributed by atoms with Gasteiger partial charge in [-0.15, -0.1) is 0 Å². The van der Waals surface area contributed by atoms with E-state index in [0.29, 0.717) is 6.07 Å². The van der Waals surface area contributed by atoms with Gasteiger partial charge in [0.1, 0.15) is 0 Å². The summed E-state index contributed by atoms with van der Waals surface area (Å²) in [6.07, 6.45) is 0. The molecule has 14 heavy (non-hydrogen) atoms. The molecule has 0 fully saturated rings. The van der Waals surface area contributed by atoms with Crippen LogP contribution in [0.3, 0.4) is 0 Å². The Kier molecular flexibility index (Phi) is 2.74. The first-order chi connectivity index (χ1) is 6.32. The molecule has 0 aliphatic rings. The quantitative estimate of drug-likeness (QED) is 0.630. The van der Waals surface area contributed by atoms with Gasteiger partial charge in [-0.2, -0.15) is 8.42 Å². The van der Waals surface area contributed by atoms with Crippen LogP contribution < -0.4 is 0 Å². The molecule has 1 aromatic rings. The lowest BCUT2D eigenvalue weighted by Crippen LogP contribution is -2.11. The molecule has 3 N–H and O–H groups in total. The molecule has 0 aromatic heterocycles. The second-order valence-corrected chi connectivity index (χ2v) is 4.05. The van der Waals surface area contributed by atoms with Crippen molar-refractivity contribution < 1.29 is 27.6 Å². The molecule has 1 atom stereocenters. The fourth-order valence-corrected chi connectivity index (χ4v) is 1.34. The number of phenolic OH excluding ortho intramolecular Hbond substituents is 1. The van der Waals surface area contributed by atoms with Gasteiger partial charge in [0.15, 0.2) is 11.6 Å². The first-order valence-electron chi connectivity index (χ1n) is 3.45. The summed E-state index contributed by atoms with van der Waals surface area (Å²) in [7, 11) is -4.68. The average molecular weight is 222 g/mol. The lowest BCUT2D eigenvalue weighted by Gasteiger charge is -2.07. The number of aliphatic hydroxyl groups is 1. The van der Waals surface area contributed by atoms with Crippen LogP contribution >= 0.6 is 0 Å². The molecule has 0 bridgehead atoms. The maximum Gasteiger partial charge on any atom is 0.296 e. The Morgan fingerprint density at radius 2 is 1.93 bits per heavy atom. The third-order valence-electron chi connectivity index (χ3n) is 1.54. The van der Waals surface area contributed by atoms with E-state index >= 15 is 0 Å². The predicted molar refractivity (Wildman–Crippen MR) is 44.6 cm³/mol. The first kappa shape index (κ1) is 10.9. The Morgan fingerprint density at radius 3 is 2.36 bits per heavy atom. The van der Waals surface area contributed by atoms with Crippen molar-refractivity contribution in [2.45, 2.75) is 5.44 Å². The zero-order valence-electron chi connectivity index (χ0n) is 6.75. The largest absolute Gasteiger partial charge is 0.505 e. The van der Waals surface area contributed by atoms with Crippen molar-refractivity contribution in [3.8, 4) is 5.75 Å². The third-order valence-corrected chi connectivity index (χ3v) is 2.38. The van der Waals surface area contributed by atoms with Crippen molar-refractivity contribution in [1.82, 2.24) is 0 Å². The fraction of sp³-hybridized carbons (Fsp3) is 0.143. The van der Waals surface area contributed by atoms with Gasteiger partial charge >= 0.3 is 0 Å². The lowest BCUT2D eigenvalue weighted by molar-refractivity contribution is 0.237. The van der Waals surface area contributed by atoms with Gasteiger partial charge in [-0.3, -0.25) is 4.55 Å². The van der Waals surface area contributed by atoms with Crippen molar-refractivity contribution in [2.75, 3.05) is 0 Å². The molecule has 0 saturated carbocycles. The minimum atomic E-state index is -4.68. The number of rotatable bonds is 2. The molecule has 1 rings (SSSR count). The van der Waals surface area contributed by atoms with E-state index in [0.717, 1.165) is 12.1 Å². The van der Waals surface area contributed by atoms with E-state index in [9.17, 15) is 12.8 Å². The summed E-state index contributed by atoms with van der Waals surface area (Å²) >= 11 is 0. The molecule has 0 saturated heterocycles. The first-order valence-corrected chi connectivity index (χ1v) is 4.95. The molecular formula is C7H7FO5S. The lowest BCUT2D eigenvalue weighted by atomic mass is 10.2. The predicted octanol–water partition coefficient (Wildman–Crippen LogP) is 0.410. The third kappa shape index (κ3) is 2.19. The van der Waals surface area contributed by atoms with Gasteiger partial charge in [-0.1, -0.05) is 6.07 Å². The van der Waals surface area contributed by atoms with Crippen LogP contribution in [0.15, 0.2) is 18.2 Å². The summed E-state index contributed by atoms with van der Waals surface area (Å²) in [6.45, 7) is 0. The molecule has 0 heterocycles. The van der Waals surface area contributed by atoms with E-state index in [1.165, 1.54) is 0 Å². The van der Waals surface area contributed by atoms with Crippen LogP contribution in [0.25, 0.3) is 0 Å². The molecule has 0 aliphatic carbocycles. The van der Waals surface area contributed by atoms with Gasteiger partial charge in [-0.05, 0) is 12.1 Å². The fourth-order valence-electron chi connectivity index (χ4n) is 0.849. The zero-order chi connectivity index (χ0) is 10.9. The van der Waals surface area contributed by atoms with Gasteiger partial charge in [0.2, 0.25) is 5.44 Å². The highest BCUT2D eigenvalue weighted by Gasteiger charge is 2.22. The van der Waals surface area contributed by atoms with E-state index in [4.69, 9.17) is 14.8 Å². The number of hydrogen-bond donors (Lipinski definition) is 3. The van der Waals surface area contributed by atoms with Crippen molar-refractivity contribution in [3.05, 3.63) is 29.6 Å². The number of aliphatic hydroxyl groups excluding tert-OH is 1. The number of hydrogen-bond acceptors (Lipinski definition) is 4. The standard InChI is InChI=1S/C7H7FO5S/c8-5-3-4(1-2-6(5)9)7(10)14(11,12)13/h1-3,7,9-10H,(H,11,12,13). The second-order valence-electron chi connectivity index (χ2n) is 2.58. The molecule has 78 valence electrons. The highest BCUT2D eigenvalue weighted by Crippen LogP contribution is 2.23. The van der Waals surface area contributed by atoms with E-state index in [1.807, 2.05) is 0 Å². The Morgan fingerprint density at radius 1 is 1.36 bits per heavy atom. The van der Waals surface area contributed by atoms with Gasteiger partial charge in [0.25, 0.3) is 10.1 Å². The Balaban J connectivity index is 3.16. The molecule has 7 heteroatoms. The van der Waals surface area contributed by atoms with Crippen LogP contribution in [0.1, 0.15) is 11.0 Å². The van der Waals surface area contributed by atoms with Crippen molar-refractivity contribution in [2.24, 2.45) is 0 Å². The molecule has 0 amide bonds. The van der Waals surface area contributed by atoms with E-state index < -0.39 is 27.1 Å². The van der Waals surface area contributed by atoms with Gasteiger partial charge < -0.3 is 10.2 Å². The second kappa shape index (κ2) is 3.52. The van der Waals surface area contributed by atoms with Crippen LogP contribution in [0.4, 0.5) is 4.39 Å². The SMILES string of the molecule is O=S(=O)(O)C(O)c1ccc(O)c(F)c1. The summed E-state index contributed by atoms with van der Waals surface area (Å²) < 4.78 is 42.0. The Labute approximate surface area is 79.2 Å². The summed E-state index contributed by atoms with van der Waals surface area (Å²) in [5, 5.41) is 17.7. The van der Waals surface area contributed by atoms with E-state index in [1.54, 1.807) is 0 Å². The van der Waals surface area contributed by atoms with Crippen LogP contribution in [-0.2, 0) is 10.1 Å². The summed E-state index contributed by atoms with van der Waals surface area (Å²) in [5.74, 6) is -1.75. The number of phenols is 1. The highest BCUT2D eigenvalue weighted by molar-refractivity contribution is 7.85. The van der Waals surface area contributed by atoms with Crippen molar-refractivity contribution >= 4 is 10.1 Å². The average Bonchev–Trinajstić information content (AvgIpc) is 2.07. The van der Waals surface area contributed by atoms with E-state index in [2.05, 4.69) is 0 Å². The molecule has 1 aromatic carbocycles. The van der Waals surface area contributed by atoms with Crippen LogP contribution in [0.2, 0.25) is 0 Å². The molecule has 0 radical (unpaired) electrons. The summed E-state index contributed by atoms with van der Waals surface area (Å²) in [4.78, 5) is 0. The normalized spacial score (nSPS) is 13.9. The molecule has 0 spiro atoms. The molecule has 1 unspecified atom stereocenters. The Bertz CT molecular complexity index is 441. The maximum atomic E-state index is 12.7. The van der Waals surface area contributed by atoms with Crippen LogP contribution in [0.5, 0.6) is 5.75 Å². The monoisotopic (exact) mass is 222 g/mol. The van der Waals surface area contributed by atoms with Gasteiger partial charge in [-0.25, -0.2) is 4.39 Å². The molecule has 5 nitrogen and oxygen atoms in total. The Hall–Kier alpha value is -1.18. The van der Waals surface area contributed by atoms with Gasteiger partial charge in [0, 0.05) is 5.56 Å². The summed E-state index contributed by atoms with van der Waals surface area (Å²) in [6, 6.07) is 2.48. The summed E-state index contributed by atoms with van der Waals surface area (Å²) in [5.41, 5.74) is -2.57. The highest BCUT2D eigenvalue weighted by atomic mass is 32.2. The smallest absolute Gasteiger partial charge is 0.296 e. The van der Waals surface area contributed by atoms with Crippen molar-refractivity contribution in [1.29, 1.82) is 0 Å². The topological polar surface area (TPSA) is 94.8 Å². The van der Waals surface area contributed by atoms with Crippen LogP contribution in [-0.4, -0.2) is 23.2 Å². The van der Waals surface area contributed by atoms with Gasteiger partial charge in [0.05, 0.1) is 0 Å². The maximum absolute atomic E-state index is 12.7. The number of halogens is 1. The minimum Gasteiger partial charge on any atom is -0.505 e. The molecular weight excluding hydrogens is 215 g/mol. The number of benzene rings is 1. The minimum absolute atomic E-state index is 0.359. The molecule has 0 aliphatic heterocycles. The zero-order valence-corrected chi connectivity index (χ0v) is 7.57. The van der Waals surface area contributed by atoms with E-state index in [-0.39, 0.29) is 5.56 Å².